The Bertz CT molecular complexity index is 1520. The number of rotatable bonds is 8. The molecular formula is C33H42N6O3. The first kappa shape index (κ1) is 29.5. The van der Waals surface area contributed by atoms with Crippen molar-refractivity contribution in [3.05, 3.63) is 74.8 Å². The molecule has 2 fully saturated rings. The summed E-state index contributed by atoms with van der Waals surface area (Å²) >= 11 is 0. The number of hydrogen-bond donors (Lipinski definition) is 4. The highest BCUT2D eigenvalue weighted by Crippen LogP contribution is 2.42. The fourth-order valence-corrected chi connectivity index (χ4v) is 6.30. The average Bonchev–Trinajstić information content (AvgIpc) is 3.49. The number of carbonyl (C=O) groups is 2. The summed E-state index contributed by atoms with van der Waals surface area (Å²) in [6.07, 6.45) is 6.47. The van der Waals surface area contributed by atoms with E-state index in [1.165, 1.54) is 0 Å². The van der Waals surface area contributed by atoms with Crippen LogP contribution in [-0.4, -0.2) is 48.0 Å². The van der Waals surface area contributed by atoms with E-state index < -0.39 is 0 Å². The van der Waals surface area contributed by atoms with E-state index in [1.807, 2.05) is 57.3 Å². The molecule has 1 saturated heterocycles. The normalized spacial score (nSPS) is 16.3. The van der Waals surface area contributed by atoms with Crippen LogP contribution in [0, 0.1) is 26.2 Å². The summed E-state index contributed by atoms with van der Waals surface area (Å²) in [4.78, 5) is 49.6. The molecule has 3 aromatic rings. The molecule has 0 unspecified atom stereocenters. The van der Waals surface area contributed by atoms with Gasteiger partial charge in [0.25, 0.3) is 11.5 Å². The number of pyridine rings is 2. The molecule has 0 atom stereocenters. The number of anilines is 2. The average molecular weight is 571 g/mol. The summed E-state index contributed by atoms with van der Waals surface area (Å²) in [7, 11) is 0. The van der Waals surface area contributed by atoms with Crippen molar-refractivity contribution in [1.29, 1.82) is 0 Å². The van der Waals surface area contributed by atoms with Gasteiger partial charge in [0.15, 0.2) is 0 Å². The van der Waals surface area contributed by atoms with Crippen LogP contribution in [0.3, 0.4) is 0 Å². The van der Waals surface area contributed by atoms with E-state index >= 15 is 0 Å². The lowest BCUT2D eigenvalue weighted by Crippen LogP contribution is -2.43. The highest BCUT2D eigenvalue weighted by molar-refractivity contribution is 6.02. The molecule has 222 valence electrons. The fraction of sp³-hybridized carbons (Fsp3) is 0.455. The minimum absolute atomic E-state index is 0.0168. The molecule has 2 aliphatic rings. The number of aryl methyl sites for hydroxylation is 2. The van der Waals surface area contributed by atoms with Crippen LogP contribution in [0.1, 0.15) is 71.8 Å². The number of carbonyl (C=O) groups excluding carboxylic acids is 2. The van der Waals surface area contributed by atoms with Crippen LogP contribution < -0.4 is 26.4 Å². The van der Waals surface area contributed by atoms with Gasteiger partial charge in [-0.1, -0.05) is 19.8 Å². The smallest absolute Gasteiger partial charge is 0.253 e. The van der Waals surface area contributed by atoms with E-state index in [0.717, 1.165) is 86.5 Å². The van der Waals surface area contributed by atoms with Crippen molar-refractivity contribution in [2.24, 2.45) is 5.41 Å². The Morgan fingerprint density at radius 3 is 2.40 bits per heavy atom. The summed E-state index contributed by atoms with van der Waals surface area (Å²) in [5.41, 5.74) is 4.96. The summed E-state index contributed by atoms with van der Waals surface area (Å²) in [6, 6.07) is 9.71. The maximum atomic E-state index is 13.6. The SMILES string of the molecule is CCC1(C(=O)Nc2cc(-c3ccc(N4CCNCC4)nc3)cc(C(=O)NCc3c(C)cc(C)[nH]c3=O)c2C)CCCC1. The third kappa shape index (κ3) is 6.11. The molecule has 9 heteroatoms. The summed E-state index contributed by atoms with van der Waals surface area (Å²) in [6.45, 7) is 11.4. The highest BCUT2D eigenvalue weighted by atomic mass is 16.2. The van der Waals surface area contributed by atoms with E-state index in [1.54, 1.807) is 0 Å². The van der Waals surface area contributed by atoms with Crippen molar-refractivity contribution in [1.82, 2.24) is 20.6 Å². The van der Waals surface area contributed by atoms with Crippen LogP contribution in [0.15, 0.2) is 41.3 Å². The van der Waals surface area contributed by atoms with E-state index in [9.17, 15) is 14.4 Å². The van der Waals surface area contributed by atoms with Gasteiger partial charge in [0.2, 0.25) is 5.91 Å². The van der Waals surface area contributed by atoms with Crippen molar-refractivity contribution in [3.63, 3.8) is 0 Å². The maximum Gasteiger partial charge on any atom is 0.253 e. The number of H-pyrrole nitrogens is 1. The molecule has 5 rings (SSSR count). The molecule has 4 N–H and O–H groups in total. The second kappa shape index (κ2) is 12.5. The zero-order chi connectivity index (χ0) is 29.9. The number of benzene rings is 1. The number of amides is 2. The number of nitrogens with zero attached hydrogens (tertiary/aromatic N) is 2. The van der Waals surface area contributed by atoms with Gasteiger partial charge in [0.05, 0.1) is 0 Å². The van der Waals surface area contributed by atoms with E-state index in [2.05, 4.69) is 32.8 Å². The first-order valence-corrected chi connectivity index (χ1v) is 15.1. The molecule has 9 nitrogen and oxygen atoms in total. The lowest BCUT2D eigenvalue weighted by atomic mass is 9.82. The zero-order valence-corrected chi connectivity index (χ0v) is 25.2. The second-order valence-corrected chi connectivity index (χ2v) is 11.8. The molecular weight excluding hydrogens is 528 g/mol. The standard InChI is InChI=1S/C33H42N6O3/c1-5-33(10-6-7-11-33)32(42)38-28-18-25(24-8-9-29(35-19-24)39-14-12-34-13-15-39)17-26(23(28)4)30(40)36-20-27-21(2)16-22(3)37-31(27)41/h8-9,16-19,34H,5-7,10-15,20H2,1-4H3,(H,36,40)(H,37,41)(H,38,42). The Morgan fingerprint density at radius 1 is 1.02 bits per heavy atom. The molecule has 0 spiro atoms. The minimum Gasteiger partial charge on any atom is -0.354 e. The molecule has 3 heterocycles. The number of piperazine rings is 1. The van der Waals surface area contributed by atoms with E-state index in [-0.39, 0.29) is 29.3 Å². The van der Waals surface area contributed by atoms with Crippen LogP contribution in [-0.2, 0) is 11.3 Å². The van der Waals surface area contributed by atoms with Gasteiger partial charge in [0, 0.05) is 72.4 Å². The molecule has 2 aromatic heterocycles. The summed E-state index contributed by atoms with van der Waals surface area (Å²) < 4.78 is 0. The number of aromatic nitrogens is 2. The van der Waals surface area contributed by atoms with Crippen molar-refractivity contribution >= 4 is 23.3 Å². The molecule has 1 saturated carbocycles. The summed E-state index contributed by atoms with van der Waals surface area (Å²) in [5, 5.41) is 9.50. The van der Waals surface area contributed by atoms with Gasteiger partial charge in [0.1, 0.15) is 5.82 Å². The Hall–Kier alpha value is -3.98. The van der Waals surface area contributed by atoms with E-state index in [0.29, 0.717) is 22.4 Å². The van der Waals surface area contributed by atoms with Gasteiger partial charge >= 0.3 is 0 Å². The fourth-order valence-electron chi connectivity index (χ4n) is 6.30. The van der Waals surface area contributed by atoms with Gasteiger partial charge in [-0.05, 0) is 87.1 Å². The monoisotopic (exact) mass is 570 g/mol. The zero-order valence-electron chi connectivity index (χ0n) is 25.2. The lowest BCUT2D eigenvalue weighted by Gasteiger charge is -2.28. The van der Waals surface area contributed by atoms with Crippen LogP contribution in [0.25, 0.3) is 11.1 Å². The van der Waals surface area contributed by atoms with E-state index in [4.69, 9.17) is 4.98 Å². The Labute approximate surface area is 247 Å². The topological polar surface area (TPSA) is 119 Å². The first-order chi connectivity index (χ1) is 20.2. The summed E-state index contributed by atoms with van der Waals surface area (Å²) in [5.74, 6) is 0.632. The van der Waals surface area contributed by atoms with Gasteiger partial charge in [-0.2, -0.15) is 0 Å². The van der Waals surface area contributed by atoms with Crippen LogP contribution in [0.2, 0.25) is 0 Å². The van der Waals surface area contributed by atoms with Crippen molar-refractivity contribution < 1.29 is 9.59 Å². The first-order valence-electron chi connectivity index (χ1n) is 15.1. The quantitative estimate of drug-likeness (QED) is 0.314. The maximum absolute atomic E-state index is 13.6. The van der Waals surface area contributed by atoms with Crippen molar-refractivity contribution in [2.75, 3.05) is 36.4 Å². The number of hydrogen-bond acceptors (Lipinski definition) is 6. The highest BCUT2D eigenvalue weighted by Gasteiger charge is 2.39. The largest absolute Gasteiger partial charge is 0.354 e. The Kier molecular flexibility index (Phi) is 8.77. The Morgan fingerprint density at radius 2 is 1.76 bits per heavy atom. The lowest BCUT2D eigenvalue weighted by molar-refractivity contribution is -0.125. The van der Waals surface area contributed by atoms with Crippen LogP contribution in [0.5, 0.6) is 0 Å². The third-order valence-corrected chi connectivity index (χ3v) is 9.06. The van der Waals surface area contributed by atoms with Gasteiger partial charge in [-0.3, -0.25) is 14.4 Å². The third-order valence-electron chi connectivity index (χ3n) is 9.06. The number of nitrogens with one attached hydrogen (secondary N) is 4. The van der Waals surface area contributed by atoms with Crippen LogP contribution >= 0.6 is 0 Å². The second-order valence-electron chi connectivity index (χ2n) is 11.8. The molecule has 2 amide bonds. The van der Waals surface area contributed by atoms with Crippen molar-refractivity contribution in [2.45, 2.75) is 66.3 Å². The predicted octanol–water partition coefficient (Wildman–Crippen LogP) is 4.61. The van der Waals surface area contributed by atoms with Gasteiger partial charge < -0.3 is 25.8 Å². The number of aromatic amines is 1. The molecule has 1 aliphatic carbocycles. The predicted molar refractivity (Wildman–Crippen MR) is 167 cm³/mol. The molecule has 0 radical (unpaired) electrons. The van der Waals surface area contributed by atoms with Gasteiger partial charge in [-0.25, -0.2) is 4.98 Å². The Balaban J connectivity index is 1.47. The van der Waals surface area contributed by atoms with Crippen LogP contribution in [0.4, 0.5) is 11.5 Å². The molecule has 1 aliphatic heterocycles. The van der Waals surface area contributed by atoms with Gasteiger partial charge in [-0.15, -0.1) is 0 Å². The van der Waals surface area contributed by atoms with Crippen molar-refractivity contribution in [3.8, 4) is 11.1 Å². The molecule has 1 aromatic carbocycles. The molecule has 42 heavy (non-hydrogen) atoms. The molecule has 0 bridgehead atoms. The minimum atomic E-state index is -0.374.